The molecule has 8 heteroatoms. The molecule has 1 heterocycles. The molecule has 0 bridgehead atoms. The van der Waals surface area contributed by atoms with Gasteiger partial charge in [0.25, 0.3) is 11.5 Å². The number of amides is 1. The second-order valence-corrected chi connectivity index (χ2v) is 7.22. The smallest absolute Gasteiger partial charge is 0.254 e. The van der Waals surface area contributed by atoms with Crippen LogP contribution in [-0.2, 0) is 0 Å². The fourth-order valence-electron chi connectivity index (χ4n) is 3.35. The van der Waals surface area contributed by atoms with E-state index in [1.54, 1.807) is 30.1 Å². The first-order valence-corrected chi connectivity index (χ1v) is 9.40. The molecule has 1 fully saturated rings. The Balaban J connectivity index is 1.78. The molecule has 144 valence electrons. The predicted octanol–water partition coefficient (Wildman–Crippen LogP) is 2.82. The monoisotopic (exact) mass is 390 g/mol. The summed E-state index contributed by atoms with van der Waals surface area (Å²) in [6.45, 7) is 0. The van der Waals surface area contributed by atoms with Gasteiger partial charge in [0.1, 0.15) is 12.0 Å². The predicted molar refractivity (Wildman–Crippen MR) is 104 cm³/mol. The average Bonchev–Trinajstić information content (AvgIpc) is 2.68. The largest absolute Gasteiger partial charge is 0.373 e. The van der Waals surface area contributed by atoms with Crippen LogP contribution in [-0.4, -0.2) is 34.3 Å². The molecule has 1 atom stereocenters. The summed E-state index contributed by atoms with van der Waals surface area (Å²) in [6, 6.07) is 6.33. The standard InChI is InChI=1S/C19H23ClN4O3/c1-24(16-10-17(25)22-11-21-16)13-7-8-15(20)14(9-13)19(27)23-18(26)12-5-3-2-4-6-12/h7-12,18,26H,2-6H2,1H3,(H,23,27)(H,21,22,25). The molecule has 27 heavy (non-hydrogen) atoms. The lowest BCUT2D eigenvalue weighted by Crippen LogP contribution is -2.41. The lowest BCUT2D eigenvalue weighted by Gasteiger charge is -2.27. The topological polar surface area (TPSA) is 98.3 Å². The van der Waals surface area contributed by atoms with Gasteiger partial charge in [0.2, 0.25) is 0 Å². The number of H-pyrrole nitrogens is 1. The van der Waals surface area contributed by atoms with Crippen molar-refractivity contribution in [1.82, 2.24) is 15.3 Å². The number of anilines is 2. The third kappa shape index (κ3) is 4.67. The summed E-state index contributed by atoms with van der Waals surface area (Å²) in [7, 11) is 1.74. The highest BCUT2D eigenvalue weighted by molar-refractivity contribution is 6.34. The molecule has 1 aliphatic rings. The van der Waals surface area contributed by atoms with Crippen molar-refractivity contribution in [3.8, 4) is 0 Å². The Morgan fingerprint density at radius 3 is 2.78 bits per heavy atom. The minimum atomic E-state index is -0.885. The molecule has 7 nitrogen and oxygen atoms in total. The Kier molecular flexibility index (Phi) is 6.13. The maximum atomic E-state index is 12.6. The number of halogens is 1. The number of carbonyl (C=O) groups is 1. The van der Waals surface area contributed by atoms with Crippen molar-refractivity contribution < 1.29 is 9.90 Å². The first kappa shape index (κ1) is 19.4. The van der Waals surface area contributed by atoms with E-state index in [1.807, 2.05) is 0 Å². The van der Waals surface area contributed by atoms with Crippen LogP contribution in [0.15, 0.2) is 35.4 Å². The molecule has 0 radical (unpaired) electrons. The molecule has 3 N–H and O–H groups in total. The summed E-state index contributed by atoms with van der Waals surface area (Å²) < 4.78 is 0. The maximum absolute atomic E-state index is 12.6. The van der Waals surface area contributed by atoms with Crippen molar-refractivity contribution in [2.45, 2.75) is 38.3 Å². The van der Waals surface area contributed by atoms with E-state index in [0.717, 1.165) is 25.7 Å². The minimum absolute atomic E-state index is 0.0765. The van der Waals surface area contributed by atoms with Crippen LogP contribution >= 0.6 is 11.6 Å². The normalized spacial score (nSPS) is 16.0. The van der Waals surface area contributed by atoms with Gasteiger partial charge in [0.15, 0.2) is 0 Å². The van der Waals surface area contributed by atoms with E-state index < -0.39 is 12.1 Å². The summed E-state index contributed by atoms with van der Waals surface area (Å²) in [5.74, 6) is 0.0921. The van der Waals surface area contributed by atoms with Crippen LogP contribution < -0.4 is 15.8 Å². The van der Waals surface area contributed by atoms with E-state index >= 15 is 0 Å². The van der Waals surface area contributed by atoms with E-state index in [-0.39, 0.29) is 17.0 Å². The van der Waals surface area contributed by atoms with Crippen LogP contribution in [0.25, 0.3) is 0 Å². The Labute approximate surface area is 162 Å². The third-order valence-corrected chi connectivity index (χ3v) is 5.29. The zero-order chi connectivity index (χ0) is 19.4. The lowest BCUT2D eigenvalue weighted by atomic mass is 9.88. The highest BCUT2D eigenvalue weighted by Gasteiger charge is 2.24. The Morgan fingerprint density at radius 2 is 2.07 bits per heavy atom. The highest BCUT2D eigenvalue weighted by Crippen LogP contribution is 2.28. The van der Waals surface area contributed by atoms with Crippen LogP contribution in [0.3, 0.4) is 0 Å². The molecule has 0 saturated heterocycles. The van der Waals surface area contributed by atoms with Crippen molar-refractivity contribution in [3.05, 3.63) is 51.5 Å². The quantitative estimate of drug-likeness (QED) is 0.682. The summed E-state index contributed by atoms with van der Waals surface area (Å²) in [5, 5.41) is 13.3. The van der Waals surface area contributed by atoms with Gasteiger partial charge >= 0.3 is 0 Å². The fraction of sp³-hybridized carbons (Fsp3) is 0.421. The zero-order valence-electron chi connectivity index (χ0n) is 15.1. The molecule has 1 aromatic carbocycles. The van der Waals surface area contributed by atoms with Crippen LogP contribution in [0.5, 0.6) is 0 Å². The summed E-state index contributed by atoms with van der Waals surface area (Å²) in [4.78, 5) is 32.4. The molecule has 3 rings (SSSR count). The van der Waals surface area contributed by atoms with Crippen molar-refractivity contribution in [2.24, 2.45) is 5.92 Å². The molecule has 1 unspecified atom stereocenters. The Morgan fingerprint density at radius 1 is 1.33 bits per heavy atom. The van der Waals surface area contributed by atoms with Gasteiger partial charge in [0, 0.05) is 24.7 Å². The van der Waals surface area contributed by atoms with E-state index in [9.17, 15) is 14.7 Å². The van der Waals surface area contributed by atoms with Gasteiger partial charge in [-0.15, -0.1) is 0 Å². The number of aromatic nitrogens is 2. The van der Waals surface area contributed by atoms with Gasteiger partial charge in [-0.2, -0.15) is 0 Å². The van der Waals surface area contributed by atoms with E-state index in [1.165, 1.54) is 18.8 Å². The number of aromatic amines is 1. The Hall–Kier alpha value is -2.38. The minimum Gasteiger partial charge on any atom is -0.373 e. The van der Waals surface area contributed by atoms with Crippen molar-refractivity contribution in [3.63, 3.8) is 0 Å². The van der Waals surface area contributed by atoms with Crippen LogP contribution in [0, 0.1) is 5.92 Å². The first-order chi connectivity index (χ1) is 13.0. The number of nitrogens with one attached hydrogen (secondary N) is 2. The second-order valence-electron chi connectivity index (χ2n) is 6.81. The molecule has 1 aromatic heterocycles. The van der Waals surface area contributed by atoms with E-state index in [0.29, 0.717) is 16.5 Å². The van der Waals surface area contributed by atoms with Crippen molar-refractivity contribution >= 4 is 29.0 Å². The summed E-state index contributed by atoms with van der Waals surface area (Å²) >= 11 is 6.20. The molecule has 0 spiro atoms. The van der Waals surface area contributed by atoms with Crippen molar-refractivity contribution in [1.29, 1.82) is 0 Å². The number of aliphatic hydroxyl groups is 1. The molecule has 0 aliphatic heterocycles. The number of benzene rings is 1. The lowest BCUT2D eigenvalue weighted by molar-refractivity contribution is 0.0463. The van der Waals surface area contributed by atoms with E-state index in [4.69, 9.17) is 11.6 Å². The van der Waals surface area contributed by atoms with Crippen LogP contribution in [0.2, 0.25) is 5.02 Å². The van der Waals surface area contributed by atoms with Gasteiger partial charge in [0.05, 0.1) is 16.9 Å². The number of nitrogens with zero attached hydrogens (tertiary/aromatic N) is 2. The zero-order valence-corrected chi connectivity index (χ0v) is 15.9. The molecule has 1 amide bonds. The molecule has 1 aliphatic carbocycles. The molecule has 1 saturated carbocycles. The van der Waals surface area contributed by atoms with Gasteiger partial charge in [-0.25, -0.2) is 4.98 Å². The SMILES string of the molecule is CN(c1ccc(Cl)c(C(=O)NC(O)C2CCCCC2)c1)c1cc(=O)[nH]cn1. The molecular formula is C19H23ClN4O3. The molecular weight excluding hydrogens is 368 g/mol. The van der Waals surface area contributed by atoms with E-state index in [2.05, 4.69) is 15.3 Å². The number of carbonyl (C=O) groups excluding carboxylic acids is 1. The van der Waals surface area contributed by atoms with Gasteiger partial charge in [-0.3, -0.25) is 9.59 Å². The molecule has 2 aromatic rings. The van der Waals surface area contributed by atoms with Gasteiger partial charge < -0.3 is 20.3 Å². The summed E-state index contributed by atoms with van der Waals surface area (Å²) in [5.41, 5.74) is 0.643. The number of hydrogen-bond acceptors (Lipinski definition) is 5. The van der Waals surface area contributed by atoms with Gasteiger partial charge in [-0.05, 0) is 31.0 Å². The third-order valence-electron chi connectivity index (χ3n) is 4.96. The number of rotatable bonds is 5. The first-order valence-electron chi connectivity index (χ1n) is 9.02. The average molecular weight is 391 g/mol. The second kappa shape index (κ2) is 8.54. The maximum Gasteiger partial charge on any atom is 0.254 e. The van der Waals surface area contributed by atoms with Crippen molar-refractivity contribution in [2.75, 3.05) is 11.9 Å². The Bertz CT molecular complexity index is 864. The summed E-state index contributed by atoms with van der Waals surface area (Å²) in [6.07, 6.45) is 5.57. The number of hydrogen-bond donors (Lipinski definition) is 3. The van der Waals surface area contributed by atoms with Crippen LogP contribution in [0.1, 0.15) is 42.5 Å². The highest BCUT2D eigenvalue weighted by atomic mass is 35.5. The fourth-order valence-corrected chi connectivity index (χ4v) is 3.55. The van der Waals surface area contributed by atoms with Crippen LogP contribution in [0.4, 0.5) is 11.5 Å². The number of aliphatic hydroxyl groups excluding tert-OH is 1. The van der Waals surface area contributed by atoms with Gasteiger partial charge in [-0.1, -0.05) is 30.9 Å².